The number of phosphoric acid groups is 4. The minimum absolute atomic E-state index is 0.0344. The second-order valence-electron chi connectivity index (χ2n) is 28.7. The SMILES string of the molecule is Cc1cc(C)c2c(c1)COP(=O)(OC[C@]1(F)C[C@@H](O)[C@H](n3ccc(=O)[nH]c3=O)O1)O2.[2H]C([2H])(OP1(=O)OCc2cc(C)cc(C)c2O1)[C@]1(F)C[C@@H](O)[C@H](n2ccc(=O)[nH]c2=O)O1.[2H]C([2H])(OP1(=O)OCc2cc(C)cc(C)c2O1)[C@]1(F)C[C@@H](O)[C@]([2H])(N2C=CC(=O)NC2=C)O1.[2H][C@@]1(n2ccc(=O)[nH]c2=O)O[C@](F)(COP2(=O)OCc3cc(C)cc(C)c3O2)C[C@H]1O. The molecule has 0 spiro atoms. The number of hydrogen-bond acceptors (Lipinski definition) is 32. The van der Waals surface area contributed by atoms with Crippen LogP contribution in [0.5, 0.6) is 23.0 Å². The number of benzene rings is 4. The lowest BCUT2D eigenvalue weighted by atomic mass is 10.1. The van der Waals surface area contributed by atoms with E-state index in [2.05, 4.69) is 11.9 Å². The van der Waals surface area contributed by atoms with E-state index in [9.17, 15) is 72.2 Å². The van der Waals surface area contributed by atoms with Crippen molar-refractivity contribution in [3.63, 3.8) is 0 Å². The lowest BCUT2D eigenvalue weighted by Crippen LogP contribution is -2.45. The first-order valence-corrected chi connectivity index (χ1v) is 41.9. The maximum atomic E-state index is 15.7. The number of alkyl halides is 4. The van der Waals surface area contributed by atoms with Gasteiger partial charge in [-0.25, -0.2) is 50.2 Å². The Labute approximate surface area is 685 Å². The number of amides is 1. The second-order valence-corrected chi connectivity index (χ2v) is 34.9. The molecule has 9 aliphatic heterocycles. The number of carbonyl (C=O) groups is 1. The molecule has 7 aromatic rings. The van der Waals surface area contributed by atoms with Crippen molar-refractivity contribution in [1.82, 2.24) is 38.9 Å². The van der Waals surface area contributed by atoms with Crippen molar-refractivity contribution < 1.29 is 142 Å². The minimum Gasteiger partial charge on any atom is -0.403 e. The topological polar surface area (TPSA) is 494 Å². The van der Waals surface area contributed by atoms with Crippen molar-refractivity contribution in [2.75, 3.05) is 26.3 Å². The summed E-state index contributed by atoms with van der Waals surface area (Å²) in [5, 5.41) is 43.3. The largest absolute Gasteiger partial charge is 0.530 e. The Morgan fingerprint density at radius 3 is 1.14 bits per heavy atom. The monoisotopic (exact) mass is 1770 g/mol. The third-order valence-corrected chi connectivity index (χ3v) is 23.6. The van der Waals surface area contributed by atoms with E-state index in [1.54, 1.807) is 58.0 Å². The van der Waals surface area contributed by atoms with E-state index >= 15 is 17.6 Å². The number of hydrogen-bond donors (Lipinski definition) is 8. The first-order valence-electron chi connectivity index (χ1n) is 39.1. The molecule has 0 radical (unpaired) electrons. The van der Waals surface area contributed by atoms with Gasteiger partial charge in [0.2, 0.25) is 23.4 Å². The molecule has 9 aliphatic rings. The Bertz CT molecular complexity index is 6150. The van der Waals surface area contributed by atoms with Gasteiger partial charge < -0.3 is 67.7 Å². The first-order chi connectivity index (χ1) is 58.5. The number of nitrogens with one attached hydrogen (secondary N) is 4. The molecule has 0 saturated carbocycles. The van der Waals surface area contributed by atoms with Crippen molar-refractivity contribution in [2.45, 2.75) is 180 Å². The normalized spacial score (nSPS) is 33.5. The summed E-state index contributed by atoms with van der Waals surface area (Å²) in [6.07, 6.45) is -13.5. The number of aromatic nitrogens is 6. The Morgan fingerprint density at radius 2 is 0.767 bits per heavy atom. The zero-order valence-electron chi connectivity index (χ0n) is 70.4. The van der Waals surface area contributed by atoms with Gasteiger partial charge in [-0.3, -0.25) is 84.0 Å². The van der Waals surface area contributed by atoms with Gasteiger partial charge in [-0.15, -0.1) is 0 Å². The molecule has 1 amide bonds. The third-order valence-electron chi connectivity index (χ3n) is 18.6. The molecule has 47 heteroatoms. The molecule has 4 saturated heterocycles. The third kappa shape index (κ3) is 20.1. The Hall–Kier alpha value is -9.13. The van der Waals surface area contributed by atoms with E-state index in [1.807, 2.05) is 60.8 Å². The number of ether oxygens (including phenoxy) is 4. The number of aliphatic hydroxyl groups is 4. The summed E-state index contributed by atoms with van der Waals surface area (Å²) in [5.41, 5.74) is 3.84. The van der Waals surface area contributed by atoms with Crippen molar-refractivity contribution in [3.8, 4) is 23.0 Å². The summed E-state index contributed by atoms with van der Waals surface area (Å²) in [4.78, 5) is 87.5. The number of aryl methyl sites for hydroxylation is 8. The summed E-state index contributed by atoms with van der Waals surface area (Å²) in [7, 11) is -17.6. The van der Waals surface area contributed by atoms with Crippen LogP contribution < -0.4 is 57.2 Å². The number of aliphatic hydroxyl groups excluding tert-OH is 4. The molecular formula is C73H82F4N8O31P4. The molecule has 4 fully saturated rings. The summed E-state index contributed by atoms with van der Waals surface area (Å²) in [6, 6.07) is 17.2. The molecule has 0 aliphatic carbocycles. The molecule has 12 heterocycles. The quantitative estimate of drug-likeness (QED) is 0.0335. The van der Waals surface area contributed by atoms with Crippen molar-refractivity contribution >= 4 is 37.2 Å². The van der Waals surface area contributed by atoms with Crippen LogP contribution >= 0.6 is 31.3 Å². The van der Waals surface area contributed by atoms with Gasteiger partial charge >= 0.3 is 48.4 Å². The van der Waals surface area contributed by atoms with Gasteiger partial charge in [0.15, 0.2) is 24.9 Å². The van der Waals surface area contributed by atoms with E-state index in [0.717, 1.165) is 86.3 Å². The van der Waals surface area contributed by atoms with Gasteiger partial charge in [0, 0.05) is 97.0 Å². The number of rotatable bonds is 16. The van der Waals surface area contributed by atoms with Crippen LogP contribution in [0.1, 0.15) is 119 Å². The minimum atomic E-state index is -4.66. The molecule has 16 rings (SSSR count). The molecule has 4 unspecified atom stereocenters. The Kier molecular flexibility index (Phi) is 23.0. The van der Waals surface area contributed by atoms with Crippen LogP contribution in [0.3, 0.4) is 0 Å². The van der Waals surface area contributed by atoms with Gasteiger partial charge in [0.1, 0.15) is 79.6 Å². The van der Waals surface area contributed by atoms with E-state index < -0.39 is 196 Å². The highest BCUT2D eigenvalue weighted by Gasteiger charge is 2.56. The van der Waals surface area contributed by atoms with Crippen LogP contribution in [0.25, 0.3) is 0 Å². The standard InChI is InChI=1S/C19H22FN2O7P.3C18H20FN2O8P/c1-11-6-12(2)17-14(7-11)9-26-30(25,29-17)27-10-19(20)8-15(23)18(28-19)22-5-4-16(24)21-13(22)3;3*1-10-5-11(2)15-12(6-10)8-26-30(25,29-15)27-9-18(19)7-13(22)16(28-18)21-4-3-14(23)20-17(21)24/h4-7,15,18,23H,3,8-10H2,1-2H3,(H,21,24);3*3-6,13,16,22H,7-9H2,1-2H3,(H,20,23,24)/t15-,18-,19+,30?;3*13-,16-,18+,30?/m1111/s1/i10D2,18D;16D;9D2;. The van der Waals surface area contributed by atoms with Gasteiger partial charge in [0.05, 0.1) is 34.7 Å². The van der Waals surface area contributed by atoms with Gasteiger partial charge in [-0.2, -0.15) is 0 Å². The predicted molar refractivity (Wildman–Crippen MR) is 405 cm³/mol. The fourth-order valence-electron chi connectivity index (χ4n) is 13.6. The number of phosphoric ester groups is 4. The average molecular weight is 1770 g/mol. The van der Waals surface area contributed by atoms with Crippen LogP contribution in [-0.2, 0) is 105 Å². The summed E-state index contributed by atoms with van der Waals surface area (Å²) in [5.74, 6) is -11.9. The molecule has 4 aromatic carbocycles. The highest BCUT2D eigenvalue weighted by atomic mass is 31.2. The average Bonchev–Trinajstić information content (AvgIpc) is 1.57. The number of aromatic amines is 3. The molecule has 8 N–H and O–H groups in total. The molecule has 0 bridgehead atoms. The Morgan fingerprint density at radius 1 is 0.458 bits per heavy atom. The zero-order valence-corrected chi connectivity index (χ0v) is 68.0. The first kappa shape index (κ1) is 80.6. The van der Waals surface area contributed by atoms with E-state index in [0.29, 0.717) is 59.6 Å². The predicted octanol–water partition coefficient (Wildman–Crippen LogP) is 8.03. The molecule has 16 atom stereocenters. The molecule has 120 heavy (non-hydrogen) atoms. The maximum absolute atomic E-state index is 15.7. The number of carbonyl (C=O) groups excluding carboxylic acids is 1. The molecular weight excluding hydrogens is 1680 g/mol. The number of fused-ring (bicyclic) bond motifs is 4. The van der Waals surface area contributed by atoms with Gasteiger partial charge in [-0.05, 0) is 77.6 Å². The van der Waals surface area contributed by atoms with E-state index in [1.165, 1.54) is 0 Å². The number of H-pyrrole nitrogens is 3. The van der Waals surface area contributed by atoms with E-state index in [4.69, 9.17) is 81.5 Å². The summed E-state index contributed by atoms with van der Waals surface area (Å²) in [6.45, 7) is 8.59. The van der Waals surface area contributed by atoms with Crippen LogP contribution in [0, 0.1) is 55.4 Å². The summed E-state index contributed by atoms with van der Waals surface area (Å²) < 4.78 is 247. The highest BCUT2D eigenvalue weighted by Crippen LogP contribution is 2.61. The van der Waals surface area contributed by atoms with Gasteiger partial charge in [0.25, 0.3) is 22.6 Å². The second kappa shape index (κ2) is 34.3. The smallest absolute Gasteiger partial charge is 0.403 e. The van der Waals surface area contributed by atoms with Crippen LogP contribution in [0.15, 0.2) is 139 Å². The highest BCUT2D eigenvalue weighted by molar-refractivity contribution is 7.49. The molecule has 39 nitrogen and oxygen atoms in total. The van der Waals surface area contributed by atoms with Crippen LogP contribution in [0.2, 0.25) is 0 Å². The van der Waals surface area contributed by atoms with Crippen molar-refractivity contribution in [1.29, 1.82) is 0 Å². The maximum Gasteiger partial charge on any atom is 0.530 e. The van der Waals surface area contributed by atoms with E-state index in [-0.39, 0.29) is 43.7 Å². The zero-order chi connectivity index (χ0) is 92.2. The fraction of sp³-hybridized carbons (Fsp3) is 0.438. The van der Waals surface area contributed by atoms with Crippen LogP contribution in [-0.4, -0.2) is 140 Å². The van der Waals surface area contributed by atoms with Gasteiger partial charge in [-0.1, -0.05) is 77.4 Å². The van der Waals surface area contributed by atoms with Crippen molar-refractivity contribution in [2.24, 2.45) is 0 Å². The number of nitrogens with zero attached hydrogens (tertiary/aromatic N) is 4. The summed E-state index contributed by atoms with van der Waals surface area (Å²) >= 11 is 0. The Balaban J connectivity index is 0.000000144. The van der Waals surface area contributed by atoms with Crippen LogP contribution in [0.4, 0.5) is 17.6 Å². The molecule has 3 aromatic heterocycles. The fourth-order valence-corrected chi connectivity index (χ4v) is 18.5. The molecule has 648 valence electrons. The lowest BCUT2D eigenvalue weighted by molar-refractivity contribution is -0.184. The number of halogens is 4. The van der Waals surface area contributed by atoms with Crippen molar-refractivity contribution in [3.05, 3.63) is 239 Å². The lowest BCUT2D eigenvalue weighted by Gasteiger charge is -2.33.